The molecule has 0 unspecified atom stereocenters. The van der Waals surface area contributed by atoms with Crippen LogP contribution in [-0.4, -0.2) is 40.1 Å². The number of carbonyl (C=O) groups excluding carboxylic acids is 2. The van der Waals surface area contributed by atoms with Crippen molar-refractivity contribution in [3.8, 4) is 0 Å². The summed E-state index contributed by atoms with van der Waals surface area (Å²) in [5, 5.41) is 12.8. The first-order chi connectivity index (χ1) is 16.9. The maximum Gasteiger partial charge on any atom is 0.411 e. The Morgan fingerprint density at radius 1 is 0.971 bits per heavy atom. The molecule has 180 valence electrons. The fourth-order valence-corrected chi connectivity index (χ4v) is 4.33. The highest BCUT2D eigenvalue weighted by molar-refractivity contribution is 6.30. The van der Waals surface area contributed by atoms with E-state index in [9.17, 15) is 19.5 Å². The first-order valence-electron chi connectivity index (χ1n) is 11.2. The molecule has 2 atom stereocenters. The lowest BCUT2D eigenvalue weighted by atomic mass is 9.93. The number of amides is 2. The van der Waals surface area contributed by atoms with Crippen LogP contribution in [0.2, 0.25) is 5.02 Å². The van der Waals surface area contributed by atoms with Gasteiger partial charge in [0.1, 0.15) is 18.7 Å². The summed E-state index contributed by atoms with van der Waals surface area (Å²) in [5.74, 6) is -1.72. The van der Waals surface area contributed by atoms with Gasteiger partial charge in [-0.2, -0.15) is 0 Å². The minimum atomic E-state index is -1.18. The van der Waals surface area contributed by atoms with Gasteiger partial charge >= 0.3 is 12.1 Å². The summed E-state index contributed by atoms with van der Waals surface area (Å²) >= 11 is 6.02. The highest BCUT2D eigenvalue weighted by atomic mass is 35.5. The van der Waals surface area contributed by atoms with Crippen LogP contribution in [0.4, 0.5) is 4.79 Å². The van der Waals surface area contributed by atoms with Gasteiger partial charge in [-0.25, -0.2) is 9.59 Å². The molecule has 3 aromatic rings. The van der Waals surface area contributed by atoms with Crippen molar-refractivity contribution in [3.63, 3.8) is 0 Å². The third-order valence-corrected chi connectivity index (χ3v) is 6.17. The first-order valence-corrected chi connectivity index (χ1v) is 11.6. The smallest absolute Gasteiger partial charge is 0.411 e. The summed E-state index contributed by atoms with van der Waals surface area (Å²) in [6.07, 6.45) is -0.319. The lowest BCUT2D eigenvalue weighted by Crippen LogP contribution is -2.56. The van der Waals surface area contributed by atoms with Gasteiger partial charge in [-0.1, -0.05) is 78.3 Å². The van der Waals surface area contributed by atoms with E-state index >= 15 is 0 Å². The van der Waals surface area contributed by atoms with Crippen LogP contribution < -0.4 is 5.32 Å². The number of fused-ring (bicyclic) bond motifs is 1. The molecule has 0 spiro atoms. The number of ether oxygens (including phenoxy) is 1. The molecule has 0 radical (unpaired) electrons. The quantitative estimate of drug-likeness (QED) is 0.515. The van der Waals surface area contributed by atoms with Crippen LogP contribution in [-0.2, 0) is 40.3 Å². The van der Waals surface area contributed by atoms with Crippen molar-refractivity contribution < 1.29 is 24.2 Å². The molecule has 0 bridgehead atoms. The number of carboxylic acids is 1. The summed E-state index contributed by atoms with van der Waals surface area (Å²) in [7, 11) is 0. The molecule has 1 aliphatic heterocycles. The highest BCUT2D eigenvalue weighted by Crippen LogP contribution is 2.25. The Morgan fingerprint density at radius 2 is 1.66 bits per heavy atom. The number of hydrogen-bond acceptors (Lipinski definition) is 4. The minimum Gasteiger partial charge on any atom is -0.480 e. The van der Waals surface area contributed by atoms with Gasteiger partial charge in [0.05, 0.1) is 6.54 Å². The van der Waals surface area contributed by atoms with Crippen LogP contribution in [0.5, 0.6) is 0 Å². The summed E-state index contributed by atoms with van der Waals surface area (Å²) < 4.78 is 5.50. The van der Waals surface area contributed by atoms with Crippen molar-refractivity contribution in [2.45, 2.75) is 38.1 Å². The van der Waals surface area contributed by atoms with E-state index in [-0.39, 0.29) is 26.0 Å². The van der Waals surface area contributed by atoms with Gasteiger partial charge in [-0.3, -0.25) is 9.69 Å². The molecule has 0 saturated carbocycles. The molecule has 1 aliphatic rings. The van der Waals surface area contributed by atoms with Gasteiger partial charge < -0.3 is 15.2 Å². The number of hydrogen-bond donors (Lipinski definition) is 2. The van der Waals surface area contributed by atoms with Gasteiger partial charge in [0.25, 0.3) is 0 Å². The Morgan fingerprint density at radius 3 is 2.37 bits per heavy atom. The zero-order valence-corrected chi connectivity index (χ0v) is 19.6. The molecular weight excluding hydrogens is 468 g/mol. The largest absolute Gasteiger partial charge is 0.480 e. The normalized spacial score (nSPS) is 15.6. The number of carboxylic acid groups (broad SMARTS) is 1. The van der Waals surface area contributed by atoms with Crippen molar-refractivity contribution in [2.24, 2.45) is 0 Å². The Labute approximate surface area is 208 Å². The molecule has 0 aromatic heterocycles. The van der Waals surface area contributed by atoms with Crippen molar-refractivity contribution in [2.75, 3.05) is 0 Å². The van der Waals surface area contributed by atoms with E-state index in [1.165, 1.54) is 4.90 Å². The Kier molecular flexibility index (Phi) is 7.67. The molecule has 35 heavy (non-hydrogen) atoms. The maximum atomic E-state index is 13.3. The van der Waals surface area contributed by atoms with Crippen LogP contribution in [0, 0.1) is 0 Å². The van der Waals surface area contributed by atoms with Crippen LogP contribution >= 0.6 is 11.6 Å². The lowest BCUT2D eigenvalue weighted by Gasteiger charge is -2.35. The monoisotopic (exact) mass is 492 g/mol. The molecule has 0 aliphatic carbocycles. The van der Waals surface area contributed by atoms with Gasteiger partial charge in [0.2, 0.25) is 5.91 Å². The average molecular weight is 493 g/mol. The molecule has 0 saturated heterocycles. The predicted octanol–water partition coefficient (Wildman–Crippen LogP) is 4.22. The second kappa shape index (κ2) is 11.1. The highest BCUT2D eigenvalue weighted by Gasteiger charge is 2.37. The third kappa shape index (κ3) is 6.19. The Balaban J connectivity index is 1.52. The van der Waals surface area contributed by atoms with E-state index in [4.69, 9.17) is 16.3 Å². The van der Waals surface area contributed by atoms with Crippen molar-refractivity contribution in [1.29, 1.82) is 0 Å². The molecule has 2 amide bonds. The minimum absolute atomic E-state index is 0.0589. The molecule has 4 rings (SSSR count). The van der Waals surface area contributed by atoms with E-state index in [2.05, 4.69) is 5.32 Å². The third-order valence-electron chi connectivity index (χ3n) is 5.93. The number of nitrogens with zero attached hydrogens (tertiary/aromatic N) is 1. The second-order valence-electron chi connectivity index (χ2n) is 8.39. The zero-order valence-electron chi connectivity index (χ0n) is 18.9. The number of rotatable bonds is 7. The summed E-state index contributed by atoms with van der Waals surface area (Å²) in [6.45, 7) is 0.257. The predicted molar refractivity (Wildman–Crippen MR) is 131 cm³/mol. The van der Waals surface area contributed by atoms with Crippen LogP contribution in [0.25, 0.3) is 0 Å². The fourth-order valence-electron chi connectivity index (χ4n) is 4.12. The summed E-state index contributed by atoms with van der Waals surface area (Å²) in [5.41, 5.74) is 3.36. The average Bonchev–Trinajstić information content (AvgIpc) is 2.86. The Bertz CT molecular complexity index is 1220. The number of carbonyl (C=O) groups is 3. The SMILES string of the molecule is O=C(O)[C@H](Cc1cccc(Cl)c1)NC(=O)[C@@H]1Cc2ccccc2CN1C(=O)OCc1ccccc1. The topological polar surface area (TPSA) is 95.9 Å². The second-order valence-corrected chi connectivity index (χ2v) is 8.83. The first kappa shape index (κ1) is 24.3. The molecule has 8 heteroatoms. The Hall–Kier alpha value is -3.84. The number of nitrogens with one attached hydrogen (secondary N) is 1. The van der Waals surface area contributed by atoms with E-state index in [1.807, 2.05) is 54.6 Å². The summed E-state index contributed by atoms with van der Waals surface area (Å²) in [6, 6.07) is 21.5. The van der Waals surface area contributed by atoms with Gasteiger partial charge in [0.15, 0.2) is 0 Å². The van der Waals surface area contributed by atoms with Crippen molar-refractivity contribution in [1.82, 2.24) is 10.2 Å². The maximum absolute atomic E-state index is 13.3. The van der Waals surface area contributed by atoms with E-state index < -0.39 is 30.1 Å². The lowest BCUT2D eigenvalue weighted by molar-refractivity contribution is -0.142. The number of aliphatic carboxylic acids is 1. The number of halogens is 1. The van der Waals surface area contributed by atoms with Crippen LogP contribution in [0.1, 0.15) is 22.3 Å². The van der Waals surface area contributed by atoms with Crippen molar-refractivity contribution in [3.05, 3.63) is 106 Å². The van der Waals surface area contributed by atoms with Gasteiger partial charge in [-0.05, 0) is 34.4 Å². The molecular formula is C27H25ClN2O5. The zero-order chi connectivity index (χ0) is 24.8. The van der Waals surface area contributed by atoms with E-state index in [0.29, 0.717) is 10.6 Å². The van der Waals surface area contributed by atoms with Gasteiger partial charge in [0, 0.05) is 17.9 Å². The van der Waals surface area contributed by atoms with Crippen LogP contribution in [0.3, 0.4) is 0 Å². The van der Waals surface area contributed by atoms with Crippen LogP contribution in [0.15, 0.2) is 78.9 Å². The van der Waals surface area contributed by atoms with Crippen molar-refractivity contribution >= 4 is 29.6 Å². The number of benzene rings is 3. The van der Waals surface area contributed by atoms with E-state index in [1.54, 1.807) is 24.3 Å². The molecule has 0 fully saturated rings. The summed E-state index contributed by atoms with van der Waals surface area (Å²) in [4.78, 5) is 39.6. The molecule has 3 aromatic carbocycles. The van der Waals surface area contributed by atoms with Gasteiger partial charge in [-0.15, -0.1) is 0 Å². The molecule has 1 heterocycles. The fraction of sp³-hybridized carbons (Fsp3) is 0.222. The molecule has 7 nitrogen and oxygen atoms in total. The van der Waals surface area contributed by atoms with E-state index in [0.717, 1.165) is 16.7 Å². The molecule has 2 N–H and O–H groups in total. The standard InChI is InChI=1S/C27H25ClN2O5/c28-22-12-6-9-19(13-22)14-23(26(32)33)29-25(31)24-15-20-10-4-5-11-21(20)16-30(24)27(34)35-17-18-7-2-1-3-8-18/h1-13,23-24H,14-17H2,(H,29,31)(H,32,33)/t23-,24-/m0/s1.